The standard InChI is InChI=1S/C21H23NO10/c1-11(23)27-10-17-18(28-12(2)24)19(29-13(3)25)20(30-14(4)26)21(32-17)31-16-8-6-5-7-15(16)9-22/h5-8,17-21H,10H2,1-4H3/t17-,18+,19+,20-,21-/m1/s1. The molecule has 32 heavy (non-hydrogen) atoms. The molecule has 0 amide bonds. The highest BCUT2D eigenvalue weighted by Crippen LogP contribution is 2.31. The Morgan fingerprint density at radius 3 is 2.00 bits per heavy atom. The number of ether oxygens (including phenoxy) is 6. The lowest BCUT2D eigenvalue weighted by Gasteiger charge is -2.43. The molecule has 0 saturated carbocycles. The Balaban J connectivity index is 2.49. The molecule has 1 fully saturated rings. The molecule has 11 heteroatoms. The van der Waals surface area contributed by atoms with Gasteiger partial charge in [0.1, 0.15) is 24.5 Å². The predicted molar refractivity (Wildman–Crippen MR) is 104 cm³/mol. The van der Waals surface area contributed by atoms with Crippen LogP contribution < -0.4 is 4.74 Å². The number of hydrogen-bond acceptors (Lipinski definition) is 11. The van der Waals surface area contributed by atoms with Gasteiger partial charge in [-0.1, -0.05) is 12.1 Å². The third-order valence-corrected chi connectivity index (χ3v) is 4.20. The first-order valence-electron chi connectivity index (χ1n) is 9.58. The van der Waals surface area contributed by atoms with E-state index in [-0.39, 0.29) is 17.9 Å². The molecule has 1 saturated heterocycles. The van der Waals surface area contributed by atoms with E-state index >= 15 is 0 Å². The fourth-order valence-corrected chi connectivity index (χ4v) is 3.07. The minimum absolute atomic E-state index is 0.107. The van der Waals surface area contributed by atoms with Gasteiger partial charge in [-0.2, -0.15) is 5.26 Å². The Morgan fingerprint density at radius 1 is 0.875 bits per heavy atom. The largest absolute Gasteiger partial charge is 0.463 e. The molecular weight excluding hydrogens is 426 g/mol. The Bertz CT molecular complexity index is 908. The van der Waals surface area contributed by atoms with Crippen molar-refractivity contribution in [2.75, 3.05) is 6.61 Å². The number of nitrogens with zero attached hydrogens (tertiary/aromatic N) is 1. The van der Waals surface area contributed by atoms with Crippen molar-refractivity contribution in [1.29, 1.82) is 5.26 Å². The van der Waals surface area contributed by atoms with Crippen molar-refractivity contribution in [1.82, 2.24) is 0 Å². The first kappa shape index (κ1) is 24.6. The summed E-state index contributed by atoms with van der Waals surface area (Å²) < 4.78 is 32.5. The molecular formula is C21H23NO10. The summed E-state index contributed by atoms with van der Waals surface area (Å²) in [6.07, 6.45) is -6.55. The quantitative estimate of drug-likeness (QED) is 0.434. The molecule has 5 atom stereocenters. The Kier molecular flexibility index (Phi) is 8.54. The van der Waals surface area contributed by atoms with Crippen LogP contribution in [-0.4, -0.2) is 61.2 Å². The number of benzene rings is 1. The minimum atomic E-state index is -1.40. The molecule has 0 spiro atoms. The normalized spacial score (nSPS) is 24.4. The van der Waals surface area contributed by atoms with Gasteiger partial charge < -0.3 is 28.4 Å². The zero-order chi connectivity index (χ0) is 23.8. The summed E-state index contributed by atoms with van der Waals surface area (Å²) in [4.78, 5) is 46.6. The minimum Gasteiger partial charge on any atom is -0.463 e. The molecule has 0 bridgehead atoms. The number of carbonyl (C=O) groups excluding carboxylic acids is 4. The van der Waals surface area contributed by atoms with Gasteiger partial charge in [-0.25, -0.2) is 0 Å². The summed E-state index contributed by atoms with van der Waals surface area (Å²) in [5.74, 6) is -2.77. The van der Waals surface area contributed by atoms with Crippen molar-refractivity contribution in [2.45, 2.75) is 58.4 Å². The number of esters is 4. The molecule has 1 aromatic carbocycles. The van der Waals surface area contributed by atoms with E-state index in [2.05, 4.69) is 0 Å². The fraction of sp³-hybridized carbons (Fsp3) is 0.476. The van der Waals surface area contributed by atoms with Crippen LogP contribution in [0, 0.1) is 11.3 Å². The van der Waals surface area contributed by atoms with Crippen LogP contribution in [0.25, 0.3) is 0 Å². The molecule has 11 nitrogen and oxygen atoms in total. The topological polar surface area (TPSA) is 147 Å². The second kappa shape index (κ2) is 11.1. The SMILES string of the molecule is CC(=O)OC[C@H]1O[C@@H](Oc2ccccc2C#N)[C@H](OC(C)=O)[C@@H](OC(C)=O)[C@H]1OC(C)=O. The predicted octanol–water partition coefficient (Wildman–Crippen LogP) is 1.02. The van der Waals surface area contributed by atoms with E-state index in [9.17, 15) is 24.4 Å². The second-order valence-electron chi connectivity index (χ2n) is 6.79. The van der Waals surface area contributed by atoms with Gasteiger partial charge in [0.05, 0.1) is 5.56 Å². The van der Waals surface area contributed by atoms with Gasteiger partial charge in [-0.15, -0.1) is 0 Å². The summed E-state index contributed by atoms with van der Waals surface area (Å²) in [6.45, 7) is 4.16. The summed E-state index contributed by atoms with van der Waals surface area (Å²) in [5, 5.41) is 9.33. The van der Waals surface area contributed by atoms with Gasteiger partial charge in [-0.05, 0) is 12.1 Å². The summed E-state index contributed by atoms with van der Waals surface area (Å²) >= 11 is 0. The third kappa shape index (κ3) is 6.68. The highest BCUT2D eigenvalue weighted by atomic mass is 16.7. The number of para-hydroxylation sites is 1. The van der Waals surface area contributed by atoms with Crippen molar-refractivity contribution in [2.24, 2.45) is 0 Å². The van der Waals surface area contributed by atoms with Crippen molar-refractivity contribution in [3.63, 3.8) is 0 Å². The van der Waals surface area contributed by atoms with Crippen molar-refractivity contribution in [3.8, 4) is 11.8 Å². The van der Waals surface area contributed by atoms with Gasteiger partial charge in [-0.3, -0.25) is 19.2 Å². The van der Waals surface area contributed by atoms with E-state index in [4.69, 9.17) is 28.4 Å². The first-order valence-corrected chi connectivity index (χ1v) is 9.58. The van der Waals surface area contributed by atoms with Crippen molar-refractivity contribution >= 4 is 23.9 Å². The smallest absolute Gasteiger partial charge is 0.303 e. The average Bonchev–Trinajstić information content (AvgIpc) is 2.70. The molecule has 1 aliphatic rings. The highest BCUT2D eigenvalue weighted by molar-refractivity contribution is 5.68. The molecule has 0 aliphatic carbocycles. The van der Waals surface area contributed by atoms with Crippen LogP contribution in [0.3, 0.4) is 0 Å². The number of nitriles is 1. The van der Waals surface area contributed by atoms with E-state index in [1.54, 1.807) is 12.1 Å². The van der Waals surface area contributed by atoms with Gasteiger partial charge in [0, 0.05) is 27.7 Å². The molecule has 1 aliphatic heterocycles. The van der Waals surface area contributed by atoms with E-state index in [0.717, 1.165) is 20.8 Å². The maximum Gasteiger partial charge on any atom is 0.303 e. The van der Waals surface area contributed by atoms with Crippen LogP contribution in [0.4, 0.5) is 0 Å². The van der Waals surface area contributed by atoms with Crippen LogP contribution in [0.1, 0.15) is 33.3 Å². The van der Waals surface area contributed by atoms with E-state index in [1.165, 1.54) is 19.1 Å². The first-order chi connectivity index (χ1) is 15.1. The number of hydrogen-bond donors (Lipinski definition) is 0. The van der Waals surface area contributed by atoms with Crippen molar-refractivity contribution in [3.05, 3.63) is 29.8 Å². The van der Waals surface area contributed by atoms with Gasteiger partial charge in [0.2, 0.25) is 12.4 Å². The maximum absolute atomic E-state index is 11.8. The van der Waals surface area contributed by atoms with Crippen LogP contribution in [0.5, 0.6) is 5.75 Å². The van der Waals surface area contributed by atoms with Crippen molar-refractivity contribution < 1.29 is 47.6 Å². The third-order valence-electron chi connectivity index (χ3n) is 4.20. The lowest BCUT2D eigenvalue weighted by molar-refractivity contribution is -0.288. The second-order valence-corrected chi connectivity index (χ2v) is 6.79. The van der Waals surface area contributed by atoms with Gasteiger partial charge >= 0.3 is 23.9 Å². The zero-order valence-corrected chi connectivity index (χ0v) is 17.9. The van der Waals surface area contributed by atoms with Gasteiger partial charge in [0.25, 0.3) is 0 Å². The van der Waals surface area contributed by atoms with Crippen LogP contribution in [-0.2, 0) is 42.9 Å². The highest BCUT2D eigenvalue weighted by Gasteiger charge is 2.53. The van der Waals surface area contributed by atoms with E-state index in [1.807, 2.05) is 6.07 Å². The fourth-order valence-electron chi connectivity index (χ4n) is 3.07. The molecule has 0 N–H and O–H groups in total. The van der Waals surface area contributed by atoms with E-state index in [0.29, 0.717) is 0 Å². The molecule has 172 valence electrons. The van der Waals surface area contributed by atoms with Crippen LogP contribution >= 0.6 is 0 Å². The molecule has 2 rings (SSSR count). The lowest BCUT2D eigenvalue weighted by Crippen LogP contribution is -2.63. The number of rotatable bonds is 7. The lowest BCUT2D eigenvalue weighted by atomic mass is 9.98. The summed E-state index contributed by atoms with van der Waals surface area (Å²) in [5.41, 5.74) is 0.167. The number of carbonyl (C=O) groups is 4. The summed E-state index contributed by atoms with van der Waals surface area (Å²) in [6, 6.07) is 8.19. The van der Waals surface area contributed by atoms with Crippen LogP contribution in [0.2, 0.25) is 0 Å². The van der Waals surface area contributed by atoms with Gasteiger partial charge in [0.15, 0.2) is 12.2 Å². The average molecular weight is 449 g/mol. The monoisotopic (exact) mass is 449 g/mol. The zero-order valence-electron chi connectivity index (χ0n) is 17.9. The Labute approximate surface area is 184 Å². The molecule has 0 aromatic heterocycles. The maximum atomic E-state index is 11.8. The molecule has 0 unspecified atom stereocenters. The molecule has 0 radical (unpaired) electrons. The van der Waals surface area contributed by atoms with Crippen LogP contribution in [0.15, 0.2) is 24.3 Å². The molecule has 1 heterocycles. The Hall–Kier alpha value is -3.65. The Morgan fingerprint density at radius 2 is 1.44 bits per heavy atom. The molecule has 1 aromatic rings. The van der Waals surface area contributed by atoms with E-state index < -0.39 is 54.6 Å². The summed E-state index contributed by atoms with van der Waals surface area (Å²) in [7, 11) is 0.